The lowest BCUT2D eigenvalue weighted by atomic mass is 10.0. The minimum Gasteiger partial charge on any atom is -0.339 e. The highest BCUT2D eigenvalue weighted by Crippen LogP contribution is 2.38. The number of likely N-dealkylation sites (tertiary alicyclic amines) is 1. The Bertz CT molecular complexity index is 1210. The van der Waals surface area contributed by atoms with E-state index in [1.807, 2.05) is 18.7 Å². The fourth-order valence-corrected chi connectivity index (χ4v) is 7.97. The molecule has 1 aromatic heterocycles. The molecule has 8 nitrogen and oxygen atoms in total. The Morgan fingerprint density at radius 2 is 1.65 bits per heavy atom. The van der Waals surface area contributed by atoms with Crippen molar-refractivity contribution in [2.24, 2.45) is 0 Å². The van der Waals surface area contributed by atoms with Gasteiger partial charge in [-0.25, -0.2) is 8.42 Å². The van der Waals surface area contributed by atoms with E-state index >= 15 is 0 Å². The summed E-state index contributed by atoms with van der Waals surface area (Å²) in [5, 5.41) is 3.59. The number of fused-ring (bicyclic) bond motifs is 1. The summed E-state index contributed by atoms with van der Waals surface area (Å²) in [7, 11) is -3.62. The Hall–Kier alpha value is -2.27. The number of nitrogens with one attached hydrogen (secondary N) is 1. The van der Waals surface area contributed by atoms with E-state index in [1.54, 1.807) is 12.1 Å². The zero-order valence-electron chi connectivity index (χ0n) is 22.1. The van der Waals surface area contributed by atoms with Gasteiger partial charge in [0.25, 0.3) is 11.8 Å². The van der Waals surface area contributed by atoms with Gasteiger partial charge in [-0.05, 0) is 68.5 Å². The molecule has 10 heteroatoms. The van der Waals surface area contributed by atoms with E-state index < -0.39 is 10.0 Å². The van der Waals surface area contributed by atoms with E-state index in [9.17, 15) is 18.0 Å². The number of nitrogens with zero attached hydrogens (tertiary/aromatic N) is 3. The molecule has 1 saturated heterocycles. The predicted molar refractivity (Wildman–Crippen MR) is 148 cm³/mol. The molecular formula is C27H38N4O4S2. The van der Waals surface area contributed by atoms with Crippen LogP contribution in [0.15, 0.2) is 29.2 Å². The number of hydrogen-bond donors (Lipinski definition) is 1. The SMILES string of the molecule is CCCN(CCC)S(=O)(=O)c1ccc(C(=O)Nc2sc3c(c2C(=O)N2CCCC2)CCN(CC)C3)cc1. The molecule has 37 heavy (non-hydrogen) atoms. The molecule has 0 atom stereocenters. The summed E-state index contributed by atoms with van der Waals surface area (Å²) in [5.41, 5.74) is 2.06. The highest BCUT2D eigenvalue weighted by atomic mass is 32.2. The summed E-state index contributed by atoms with van der Waals surface area (Å²) >= 11 is 1.49. The van der Waals surface area contributed by atoms with Crippen LogP contribution in [-0.2, 0) is 23.0 Å². The van der Waals surface area contributed by atoms with E-state index in [0.717, 1.165) is 75.3 Å². The third-order valence-electron chi connectivity index (χ3n) is 7.12. The summed E-state index contributed by atoms with van der Waals surface area (Å²) in [5.74, 6) is -0.340. The Labute approximate surface area is 224 Å². The van der Waals surface area contributed by atoms with E-state index in [-0.39, 0.29) is 16.7 Å². The first-order valence-electron chi connectivity index (χ1n) is 13.4. The van der Waals surface area contributed by atoms with Gasteiger partial charge in [-0.15, -0.1) is 11.3 Å². The van der Waals surface area contributed by atoms with Gasteiger partial charge in [0, 0.05) is 49.7 Å². The van der Waals surface area contributed by atoms with Crippen molar-refractivity contribution in [3.63, 3.8) is 0 Å². The average molecular weight is 547 g/mol. The van der Waals surface area contributed by atoms with Crippen molar-refractivity contribution in [2.75, 3.05) is 44.6 Å². The van der Waals surface area contributed by atoms with Crippen molar-refractivity contribution in [1.82, 2.24) is 14.1 Å². The maximum atomic E-state index is 13.5. The zero-order valence-corrected chi connectivity index (χ0v) is 23.7. The van der Waals surface area contributed by atoms with Gasteiger partial charge in [0.05, 0.1) is 10.5 Å². The molecule has 2 aliphatic rings. The lowest BCUT2D eigenvalue weighted by Gasteiger charge is -2.26. The molecule has 1 aromatic carbocycles. The molecule has 1 N–H and O–H groups in total. The Morgan fingerprint density at radius 1 is 1.00 bits per heavy atom. The van der Waals surface area contributed by atoms with Gasteiger partial charge in [-0.3, -0.25) is 14.5 Å². The third-order valence-corrected chi connectivity index (χ3v) is 10.2. The predicted octanol–water partition coefficient (Wildman–Crippen LogP) is 4.43. The number of benzene rings is 1. The number of amides is 2. The van der Waals surface area contributed by atoms with Crippen LogP contribution in [0.25, 0.3) is 0 Å². The second-order valence-corrected chi connectivity index (χ2v) is 12.8. The molecule has 3 heterocycles. The van der Waals surface area contributed by atoms with Crippen molar-refractivity contribution < 1.29 is 18.0 Å². The summed E-state index contributed by atoms with van der Waals surface area (Å²) < 4.78 is 27.6. The molecule has 4 rings (SSSR count). The molecule has 0 aliphatic carbocycles. The molecule has 0 bridgehead atoms. The molecular weight excluding hydrogens is 508 g/mol. The van der Waals surface area contributed by atoms with Crippen LogP contribution in [0, 0.1) is 0 Å². The average Bonchev–Trinajstić information content (AvgIpc) is 3.56. The quantitative estimate of drug-likeness (QED) is 0.476. The van der Waals surface area contributed by atoms with Gasteiger partial charge in [0.15, 0.2) is 0 Å². The maximum Gasteiger partial charge on any atom is 0.257 e. The number of hydrogen-bond acceptors (Lipinski definition) is 6. The lowest BCUT2D eigenvalue weighted by Crippen LogP contribution is -2.32. The molecule has 2 aliphatic heterocycles. The fraction of sp³-hybridized carbons (Fsp3) is 0.556. The normalized spacial score (nSPS) is 16.3. The zero-order chi connectivity index (χ0) is 26.6. The number of likely N-dealkylation sites (N-methyl/N-ethyl adjacent to an activating group) is 1. The number of anilines is 1. The van der Waals surface area contributed by atoms with E-state index in [4.69, 9.17) is 0 Å². The van der Waals surface area contributed by atoms with Crippen LogP contribution in [0.4, 0.5) is 5.00 Å². The van der Waals surface area contributed by atoms with Gasteiger partial charge in [0.2, 0.25) is 10.0 Å². The van der Waals surface area contributed by atoms with E-state index in [2.05, 4.69) is 17.1 Å². The molecule has 2 amide bonds. The highest BCUT2D eigenvalue weighted by Gasteiger charge is 2.32. The van der Waals surface area contributed by atoms with Crippen LogP contribution in [-0.4, -0.2) is 73.6 Å². The van der Waals surface area contributed by atoms with Crippen molar-refractivity contribution in [2.45, 2.75) is 64.3 Å². The van der Waals surface area contributed by atoms with Crippen molar-refractivity contribution in [1.29, 1.82) is 0 Å². The van der Waals surface area contributed by atoms with Crippen molar-refractivity contribution in [3.8, 4) is 0 Å². The number of thiophene rings is 1. The van der Waals surface area contributed by atoms with Crippen LogP contribution in [0.5, 0.6) is 0 Å². The second kappa shape index (κ2) is 12.1. The molecule has 0 unspecified atom stereocenters. The smallest absolute Gasteiger partial charge is 0.257 e. The first kappa shape index (κ1) is 27.8. The van der Waals surface area contributed by atoms with Gasteiger partial charge in [-0.1, -0.05) is 20.8 Å². The largest absolute Gasteiger partial charge is 0.339 e. The molecule has 0 saturated carbocycles. The third kappa shape index (κ3) is 5.92. The first-order chi connectivity index (χ1) is 17.8. The van der Waals surface area contributed by atoms with Crippen molar-refractivity contribution >= 4 is 38.2 Å². The Morgan fingerprint density at radius 3 is 2.24 bits per heavy atom. The molecule has 202 valence electrons. The highest BCUT2D eigenvalue weighted by molar-refractivity contribution is 7.89. The summed E-state index contributed by atoms with van der Waals surface area (Å²) in [6.45, 7) is 11.1. The summed E-state index contributed by atoms with van der Waals surface area (Å²) in [6.07, 6.45) is 4.28. The summed E-state index contributed by atoms with van der Waals surface area (Å²) in [4.78, 5) is 32.3. The minimum atomic E-state index is -3.62. The number of sulfonamides is 1. The van der Waals surface area contributed by atoms with Gasteiger partial charge < -0.3 is 10.2 Å². The van der Waals surface area contributed by atoms with Crippen molar-refractivity contribution in [3.05, 3.63) is 45.8 Å². The molecule has 2 aromatic rings. The lowest BCUT2D eigenvalue weighted by molar-refractivity contribution is 0.0792. The fourth-order valence-electron chi connectivity index (χ4n) is 5.07. The monoisotopic (exact) mass is 546 g/mol. The van der Waals surface area contributed by atoms with Gasteiger partial charge >= 0.3 is 0 Å². The first-order valence-corrected chi connectivity index (χ1v) is 15.6. The maximum absolute atomic E-state index is 13.5. The molecule has 0 radical (unpaired) electrons. The minimum absolute atomic E-state index is 0.00336. The van der Waals surface area contributed by atoms with Crippen LogP contribution < -0.4 is 5.32 Å². The number of carbonyl (C=O) groups excluding carboxylic acids is 2. The van der Waals surface area contributed by atoms with Crippen LogP contribution in [0.2, 0.25) is 0 Å². The molecule has 1 fully saturated rings. The number of rotatable bonds is 10. The summed E-state index contributed by atoms with van der Waals surface area (Å²) in [6, 6.07) is 6.09. The van der Waals surface area contributed by atoms with Crippen LogP contribution >= 0.6 is 11.3 Å². The Balaban J connectivity index is 1.58. The van der Waals surface area contributed by atoms with Crippen LogP contribution in [0.1, 0.15) is 77.6 Å². The Kier molecular flexibility index (Phi) is 9.05. The van der Waals surface area contributed by atoms with Gasteiger partial charge in [0.1, 0.15) is 5.00 Å². The standard InChI is InChI=1S/C27H38N4O4S2/c1-4-14-31(15-5-2)37(34,35)21-11-9-20(10-12-21)25(32)28-26-24(27(33)30-16-7-8-17-30)22-13-18-29(6-3)19-23(22)36-26/h9-12H,4-8,13-19H2,1-3H3,(H,28,32). The van der Waals surface area contributed by atoms with E-state index in [1.165, 1.54) is 27.8 Å². The van der Waals surface area contributed by atoms with Crippen LogP contribution in [0.3, 0.4) is 0 Å². The second-order valence-electron chi connectivity index (χ2n) is 9.71. The van der Waals surface area contributed by atoms with E-state index in [0.29, 0.717) is 29.2 Å². The topological polar surface area (TPSA) is 90.0 Å². The van der Waals surface area contributed by atoms with Gasteiger partial charge in [-0.2, -0.15) is 4.31 Å². The number of carbonyl (C=O) groups is 2. The molecule has 0 spiro atoms.